The first-order valence-corrected chi connectivity index (χ1v) is 11.4. The van der Waals surface area contributed by atoms with E-state index in [1.165, 1.54) is 10.4 Å². The molecule has 0 N–H and O–H groups in total. The van der Waals surface area contributed by atoms with Gasteiger partial charge in [0.05, 0.1) is 29.8 Å². The Morgan fingerprint density at radius 1 is 1.30 bits per heavy atom. The smallest absolute Gasteiger partial charge is 0.243 e. The standard InChI is InChI=1S/C19H28ClNO5S/c1-2-24-12-13-25-17-6-11-26-19(15-17)7-9-21(10-8-19)27(22,23)18-5-3-4-16(20)14-18/h3-5,14,17H,2,6-13,15H2,1H3. The fraction of sp³-hybridized carbons (Fsp3) is 0.684. The van der Waals surface area contributed by atoms with E-state index in [2.05, 4.69) is 0 Å². The molecule has 0 aliphatic carbocycles. The molecule has 1 unspecified atom stereocenters. The number of ether oxygens (including phenoxy) is 3. The van der Waals surface area contributed by atoms with Gasteiger partial charge in [0, 0.05) is 37.7 Å². The number of sulfonamides is 1. The highest BCUT2D eigenvalue weighted by Crippen LogP contribution is 2.37. The van der Waals surface area contributed by atoms with Crippen LogP contribution < -0.4 is 0 Å². The van der Waals surface area contributed by atoms with Gasteiger partial charge in [-0.3, -0.25) is 0 Å². The van der Waals surface area contributed by atoms with Gasteiger partial charge in [-0.1, -0.05) is 17.7 Å². The van der Waals surface area contributed by atoms with Gasteiger partial charge in [-0.25, -0.2) is 8.42 Å². The summed E-state index contributed by atoms with van der Waals surface area (Å²) in [5.41, 5.74) is -0.283. The van der Waals surface area contributed by atoms with Crippen molar-refractivity contribution < 1.29 is 22.6 Å². The summed E-state index contributed by atoms with van der Waals surface area (Å²) in [6.45, 7) is 5.39. The maximum atomic E-state index is 12.9. The van der Waals surface area contributed by atoms with Crippen LogP contribution in [0.1, 0.15) is 32.6 Å². The van der Waals surface area contributed by atoms with Crippen LogP contribution in [0.3, 0.4) is 0 Å². The summed E-state index contributed by atoms with van der Waals surface area (Å²) >= 11 is 5.96. The first-order valence-electron chi connectivity index (χ1n) is 9.54. The summed E-state index contributed by atoms with van der Waals surface area (Å²) in [4.78, 5) is 0.243. The Morgan fingerprint density at radius 3 is 2.78 bits per heavy atom. The van der Waals surface area contributed by atoms with Crippen LogP contribution in [0, 0.1) is 0 Å². The molecule has 152 valence electrons. The predicted octanol–water partition coefficient (Wildman–Crippen LogP) is 3.10. The lowest BCUT2D eigenvalue weighted by atomic mass is 9.84. The van der Waals surface area contributed by atoms with Gasteiger partial charge in [-0.2, -0.15) is 4.31 Å². The molecule has 0 radical (unpaired) electrons. The molecule has 1 atom stereocenters. The third kappa shape index (κ3) is 5.22. The van der Waals surface area contributed by atoms with Crippen LogP contribution in [-0.2, 0) is 24.2 Å². The third-order valence-electron chi connectivity index (χ3n) is 5.30. The van der Waals surface area contributed by atoms with Gasteiger partial charge in [0.15, 0.2) is 0 Å². The summed E-state index contributed by atoms with van der Waals surface area (Å²) in [6, 6.07) is 6.42. The van der Waals surface area contributed by atoms with Crippen molar-refractivity contribution in [2.45, 2.75) is 49.2 Å². The van der Waals surface area contributed by atoms with E-state index in [4.69, 9.17) is 25.8 Å². The van der Waals surface area contributed by atoms with Gasteiger partial charge in [0.2, 0.25) is 10.0 Å². The molecular formula is C19H28ClNO5S. The van der Waals surface area contributed by atoms with Crippen LogP contribution in [0.15, 0.2) is 29.2 Å². The second-order valence-corrected chi connectivity index (χ2v) is 9.45. The molecule has 2 aliphatic rings. The molecule has 0 aromatic heterocycles. The minimum atomic E-state index is -3.53. The number of hydrogen-bond acceptors (Lipinski definition) is 5. The zero-order valence-electron chi connectivity index (χ0n) is 15.7. The zero-order chi connectivity index (χ0) is 19.3. The number of benzene rings is 1. The fourth-order valence-electron chi connectivity index (χ4n) is 3.80. The lowest BCUT2D eigenvalue weighted by Crippen LogP contribution is -2.52. The maximum absolute atomic E-state index is 12.9. The van der Waals surface area contributed by atoms with E-state index in [0.29, 0.717) is 57.4 Å². The number of hydrogen-bond donors (Lipinski definition) is 0. The van der Waals surface area contributed by atoms with Crippen molar-refractivity contribution in [2.24, 2.45) is 0 Å². The Morgan fingerprint density at radius 2 is 2.07 bits per heavy atom. The molecule has 3 rings (SSSR count). The molecule has 2 aliphatic heterocycles. The van der Waals surface area contributed by atoms with Gasteiger partial charge >= 0.3 is 0 Å². The Kier molecular flexibility index (Phi) is 7.16. The highest BCUT2D eigenvalue weighted by atomic mass is 35.5. The Bertz CT molecular complexity index is 719. The zero-order valence-corrected chi connectivity index (χ0v) is 17.3. The van der Waals surface area contributed by atoms with Crippen LogP contribution in [0.4, 0.5) is 0 Å². The molecule has 6 nitrogen and oxygen atoms in total. The Labute approximate surface area is 166 Å². The second kappa shape index (κ2) is 9.20. The molecule has 0 bridgehead atoms. The topological polar surface area (TPSA) is 65.1 Å². The van der Waals surface area contributed by atoms with E-state index in [9.17, 15) is 8.42 Å². The lowest BCUT2D eigenvalue weighted by Gasteiger charge is -2.45. The Balaban J connectivity index is 1.57. The number of rotatable bonds is 7. The molecule has 2 fully saturated rings. The molecule has 27 heavy (non-hydrogen) atoms. The average Bonchev–Trinajstić information content (AvgIpc) is 2.66. The van der Waals surface area contributed by atoms with Gasteiger partial charge < -0.3 is 14.2 Å². The van der Waals surface area contributed by atoms with Gasteiger partial charge in [-0.05, 0) is 44.4 Å². The third-order valence-corrected chi connectivity index (χ3v) is 7.43. The highest BCUT2D eigenvalue weighted by Gasteiger charge is 2.43. The van der Waals surface area contributed by atoms with E-state index in [0.717, 1.165) is 12.8 Å². The van der Waals surface area contributed by atoms with Crippen molar-refractivity contribution in [3.05, 3.63) is 29.3 Å². The van der Waals surface area contributed by atoms with Gasteiger partial charge in [-0.15, -0.1) is 0 Å². The van der Waals surface area contributed by atoms with Crippen molar-refractivity contribution in [1.82, 2.24) is 4.31 Å². The average molecular weight is 418 g/mol. The molecule has 2 heterocycles. The molecule has 2 saturated heterocycles. The molecule has 1 spiro atoms. The molecule has 8 heteroatoms. The largest absolute Gasteiger partial charge is 0.379 e. The monoisotopic (exact) mass is 417 g/mol. The molecule has 1 aromatic carbocycles. The van der Waals surface area contributed by atoms with Crippen LogP contribution in [0.2, 0.25) is 5.02 Å². The summed E-state index contributed by atoms with van der Waals surface area (Å²) < 4.78 is 44.6. The molecular weight excluding hydrogens is 390 g/mol. The summed E-state index contributed by atoms with van der Waals surface area (Å²) in [5.74, 6) is 0. The van der Waals surface area contributed by atoms with E-state index in [-0.39, 0.29) is 16.6 Å². The molecule has 1 aromatic rings. The first kappa shape index (κ1) is 21.0. The van der Waals surface area contributed by atoms with Gasteiger partial charge in [0.25, 0.3) is 0 Å². The minimum absolute atomic E-state index is 0.148. The van der Waals surface area contributed by atoms with Crippen molar-refractivity contribution in [3.8, 4) is 0 Å². The van der Waals surface area contributed by atoms with Crippen molar-refractivity contribution >= 4 is 21.6 Å². The SMILES string of the molecule is CCOCCOC1CCOC2(CCN(S(=O)(=O)c3cccc(Cl)c3)CC2)C1. The quantitative estimate of drug-likeness (QED) is 0.638. The Hall–Kier alpha value is -0.700. The number of halogens is 1. The van der Waals surface area contributed by atoms with E-state index < -0.39 is 10.0 Å². The molecule has 0 amide bonds. The second-order valence-electron chi connectivity index (χ2n) is 7.08. The fourth-order valence-corrected chi connectivity index (χ4v) is 5.55. The highest BCUT2D eigenvalue weighted by molar-refractivity contribution is 7.89. The van der Waals surface area contributed by atoms with Crippen molar-refractivity contribution in [2.75, 3.05) is 39.5 Å². The van der Waals surface area contributed by atoms with Gasteiger partial charge in [0.1, 0.15) is 0 Å². The predicted molar refractivity (Wildman–Crippen MR) is 104 cm³/mol. The minimum Gasteiger partial charge on any atom is -0.379 e. The number of nitrogens with zero attached hydrogens (tertiary/aromatic N) is 1. The first-order chi connectivity index (χ1) is 13.0. The van der Waals surface area contributed by atoms with Crippen LogP contribution in [0.5, 0.6) is 0 Å². The van der Waals surface area contributed by atoms with Crippen LogP contribution in [0.25, 0.3) is 0 Å². The summed E-state index contributed by atoms with van der Waals surface area (Å²) in [6.07, 6.45) is 3.19. The van der Waals surface area contributed by atoms with Crippen molar-refractivity contribution in [1.29, 1.82) is 0 Å². The summed E-state index contributed by atoms with van der Waals surface area (Å²) in [5, 5.41) is 0.423. The van der Waals surface area contributed by atoms with Crippen LogP contribution in [-0.4, -0.2) is 63.9 Å². The van der Waals surface area contributed by atoms with Crippen LogP contribution >= 0.6 is 11.6 Å². The van der Waals surface area contributed by atoms with E-state index in [1.54, 1.807) is 18.2 Å². The summed E-state index contributed by atoms with van der Waals surface area (Å²) in [7, 11) is -3.53. The normalized spacial score (nSPS) is 23.6. The van der Waals surface area contributed by atoms with E-state index in [1.807, 2.05) is 6.92 Å². The lowest BCUT2D eigenvalue weighted by molar-refractivity contribution is -0.153. The van der Waals surface area contributed by atoms with E-state index >= 15 is 0 Å². The van der Waals surface area contributed by atoms with Crippen molar-refractivity contribution in [3.63, 3.8) is 0 Å². The number of piperidine rings is 1. The maximum Gasteiger partial charge on any atom is 0.243 e. The molecule has 0 saturated carbocycles.